The minimum atomic E-state index is -1.71. The van der Waals surface area contributed by atoms with E-state index in [0.717, 1.165) is 0 Å². The number of carboxylic acid groups (broad SMARTS) is 1. The van der Waals surface area contributed by atoms with E-state index in [2.05, 4.69) is 28.6 Å². The van der Waals surface area contributed by atoms with Gasteiger partial charge in [0.05, 0.1) is 32.5 Å². The predicted octanol–water partition coefficient (Wildman–Crippen LogP) is -6.62. The number of aliphatic hydroxyl groups is 4. The van der Waals surface area contributed by atoms with Crippen LogP contribution in [0.2, 0.25) is 0 Å². The van der Waals surface area contributed by atoms with Gasteiger partial charge in [0.25, 0.3) is 0 Å². The third kappa shape index (κ3) is 11.2. The second-order valence-corrected chi connectivity index (χ2v) is 8.70. The van der Waals surface area contributed by atoms with Crippen molar-refractivity contribution in [1.29, 1.82) is 0 Å². The Morgan fingerprint density at radius 1 is 0.632 bits per heavy atom. The van der Waals surface area contributed by atoms with Gasteiger partial charge in [0.1, 0.15) is 30.2 Å². The summed E-state index contributed by atoms with van der Waals surface area (Å²) in [4.78, 5) is 72.9. The number of carbonyl (C=O) groups excluding carboxylic acids is 5. The number of carboxylic acids is 1. The van der Waals surface area contributed by atoms with Crippen molar-refractivity contribution in [3.8, 4) is 0 Å². The topological polar surface area (TPSA) is 290 Å². The van der Waals surface area contributed by atoms with Crippen LogP contribution in [0.4, 0.5) is 0 Å². The minimum Gasteiger partial charge on any atom is -0.480 e. The lowest BCUT2D eigenvalue weighted by atomic mass is 10.0. The molecule has 12 N–H and O–H groups in total. The second kappa shape index (κ2) is 17.5. The van der Waals surface area contributed by atoms with Gasteiger partial charge in [-0.2, -0.15) is 12.6 Å². The van der Waals surface area contributed by atoms with Crippen molar-refractivity contribution in [2.75, 3.05) is 32.2 Å². The molecule has 17 nitrogen and oxygen atoms in total. The summed E-state index contributed by atoms with van der Waals surface area (Å²) in [7, 11) is 0. The van der Waals surface area contributed by atoms with E-state index in [-0.39, 0.29) is 5.75 Å². The number of nitrogens with two attached hydrogens (primary N) is 1. The molecule has 5 amide bonds. The van der Waals surface area contributed by atoms with Gasteiger partial charge in [-0.05, 0) is 5.92 Å². The lowest BCUT2D eigenvalue weighted by Crippen LogP contribution is -2.61. The molecule has 0 aliphatic heterocycles. The highest BCUT2D eigenvalue weighted by Gasteiger charge is 2.33. The summed E-state index contributed by atoms with van der Waals surface area (Å²) in [6, 6.07) is -8.91. The Bertz CT molecular complexity index is 846. The fraction of sp³-hybridized carbons (Fsp3) is 0.700. The quantitative estimate of drug-likeness (QED) is 0.0729. The summed E-state index contributed by atoms with van der Waals surface area (Å²) in [5, 5.41) is 57.0. The number of hydrogen-bond acceptors (Lipinski definition) is 12. The van der Waals surface area contributed by atoms with Gasteiger partial charge in [0.2, 0.25) is 29.5 Å². The van der Waals surface area contributed by atoms with Crippen molar-refractivity contribution in [3.05, 3.63) is 0 Å². The molecule has 0 aliphatic carbocycles. The first-order valence-corrected chi connectivity index (χ1v) is 11.9. The average Bonchev–Trinajstić information content (AvgIpc) is 2.88. The Labute approximate surface area is 223 Å². The maximum atomic E-state index is 12.8. The van der Waals surface area contributed by atoms with E-state index in [4.69, 9.17) is 15.9 Å². The maximum Gasteiger partial charge on any atom is 0.328 e. The zero-order chi connectivity index (χ0) is 29.6. The highest BCUT2D eigenvalue weighted by atomic mass is 32.1. The summed E-state index contributed by atoms with van der Waals surface area (Å²) in [5.74, 6) is -7.15. The number of amides is 5. The second-order valence-electron chi connectivity index (χ2n) is 8.33. The van der Waals surface area contributed by atoms with Gasteiger partial charge in [-0.25, -0.2) is 4.79 Å². The molecule has 0 spiro atoms. The summed E-state index contributed by atoms with van der Waals surface area (Å²) < 4.78 is 0. The number of aliphatic hydroxyl groups excluding tert-OH is 4. The third-order valence-electron chi connectivity index (χ3n) is 5.02. The summed E-state index contributed by atoms with van der Waals surface area (Å²) in [6.45, 7) is -0.678. The molecular formula is C20H36N6O11S. The van der Waals surface area contributed by atoms with E-state index in [9.17, 15) is 44.1 Å². The number of rotatable bonds is 17. The first kappa shape index (κ1) is 35.0. The monoisotopic (exact) mass is 568 g/mol. The van der Waals surface area contributed by atoms with Gasteiger partial charge < -0.3 is 57.9 Å². The van der Waals surface area contributed by atoms with Crippen molar-refractivity contribution >= 4 is 48.1 Å². The molecule has 0 unspecified atom stereocenters. The van der Waals surface area contributed by atoms with Crippen LogP contribution in [0.15, 0.2) is 0 Å². The lowest BCUT2D eigenvalue weighted by Gasteiger charge is -2.27. The average molecular weight is 569 g/mol. The van der Waals surface area contributed by atoms with Crippen molar-refractivity contribution < 1.29 is 54.3 Å². The van der Waals surface area contributed by atoms with E-state index < -0.39 is 104 Å². The van der Waals surface area contributed by atoms with Gasteiger partial charge in [0.15, 0.2) is 0 Å². The van der Waals surface area contributed by atoms with Crippen LogP contribution in [-0.4, -0.2) is 129 Å². The van der Waals surface area contributed by atoms with Crippen molar-refractivity contribution in [3.63, 3.8) is 0 Å². The summed E-state index contributed by atoms with van der Waals surface area (Å²) in [6.07, 6.45) is 0. The number of carbonyl (C=O) groups is 6. The SMILES string of the molecule is CC(C)[C@H](NC(=O)[C@H](CO)NC(=O)[C@@H](N)CS)C(=O)N[C@@H](CO)C(=O)N[C@@H](CO)C(=O)N[C@@H](CO)C(=O)O. The van der Waals surface area contributed by atoms with Gasteiger partial charge in [0, 0.05) is 5.75 Å². The van der Waals surface area contributed by atoms with E-state index in [1.165, 1.54) is 13.8 Å². The Balaban J connectivity index is 5.39. The Hall–Kier alpha value is -3.03. The summed E-state index contributed by atoms with van der Waals surface area (Å²) >= 11 is 3.87. The number of thiol groups is 1. The van der Waals surface area contributed by atoms with Gasteiger partial charge in [-0.15, -0.1) is 0 Å². The fourth-order valence-corrected chi connectivity index (χ4v) is 2.89. The molecule has 0 heterocycles. The molecule has 0 radical (unpaired) electrons. The van der Waals surface area contributed by atoms with Crippen LogP contribution in [-0.2, 0) is 28.8 Å². The molecule has 218 valence electrons. The van der Waals surface area contributed by atoms with Crippen LogP contribution >= 0.6 is 12.6 Å². The molecule has 6 atom stereocenters. The maximum absolute atomic E-state index is 12.8. The number of nitrogens with one attached hydrogen (secondary N) is 5. The van der Waals surface area contributed by atoms with Crippen LogP contribution in [0.25, 0.3) is 0 Å². The molecule has 0 saturated carbocycles. The number of hydrogen-bond donors (Lipinski definition) is 12. The highest BCUT2D eigenvalue weighted by molar-refractivity contribution is 7.80. The van der Waals surface area contributed by atoms with Crippen LogP contribution in [0.5, 0.6) is 0 Å². The lowest BCUT2D eigenvalue weighted by molar-refractivity contribution is -0.143. The normalized spacial score (nSPS) is 15.7. The van der Waals surface area contributed by atoms with Gasteiger partial charge in [-0.3, -0.25) is 24.0 Å². The molecular weight excluding hydrogens is 532 g/mol. The Morgan fingerprint density at radius 3 is 1.32 bits per heavy atom. The van der Waals surface area contributed by atoms with Crippen LogP contribution < -0.4 is 32.3 Å². The zero-order valence-corrected chi connectivity index (χ0v) is 21.7. The standard InChI is InChI=1S/C20H36N6O11S/c1-8(2)14(26-18(34)12(5-29)22-15(31)9(21)7-38)19(35)24-11(4-28)16(32)23-10(3-27)17(33)25-13(6-30)20(36)37/h8-14,27-30,38H,3-7,21H2,1-2H3,(H,22,31)(H,23,32)(H,24,35)(H,25,33)(H,26,34)(H,36,37)/t9-,10-,11-,12-,13-,14-/m0/s1. The fourth-order valence-electron chi connectivity index (χ4n) is 2.72. The highest BCUT2D eigenvalue weighted by Crippen LogP contribution is 2.04. The Kier molecular flexibility index (Phi) is 16.1. The molecule has 0 saturated heterocycles. The molecule has 18 heteroatoms. The first-order valence-electron chi connectivity index (χ1n) is 11.3. The molecule has 0 aromatic carbocycles. The van der Waals surface area contributed by atoms with E-state index in [1.807, 2.05) is 10.6 Å². The van der Waals surface area contributed by atoms with Crippen LogP contribution in [0.3, 0.4) is 0 Å². The molecule has 0 aromatic heterocycles. The molecule has 0 aliphatic rings. The number of aliphatic carboxylic acids is 1. The van der Waals surface area contributed by atoms with Gasteiger partial charge in [-0.1, -0.05) is 13.8 Å². The molecule has 0 fully saturated rings. The summed E-state index contributed by atoms with van der Waals surface area (Å²) in [5.41, 5.74) is 5.52. The largest absolute Gasteiger partial charge is 0.480 e. The van der Waals surface area contributed by atoms with Crippen LogP contribution in [0.1, 0.15) is 13.8 Å². The molecule has 0 rings (SSSR count). The first-order chi connectivity index (χ1) is 17.8. The van der Waals surface area contributed by atoms with Crippen molar-refractivity contribution in [2.24, 2.45) is 11.7 Å². The minimum absolute atomic E-state index is 0.0341. The Morgan fingerprint density at radius 2 is 0.974 bits per heavy atom. The van der Waals surface area contributed by atoms with E-state index in [0.29, 0.717) is 0 Å². The molecule has 0 bridgehead atoms. The van der Waals surface area contributed by atoms with E-state index in [1.54, 1.807) is 0 Å². The predicted molar refractivity (Wildman–Crippen MR) is 132 cm³/mol. The molecule has 0 aromatic rings. The van der Waals surface area contributed by atoms with Crippen LogP contribution in [0, 0.1) is 5.92 Å². The third-order valence-corrected chi connectivity index (χ3v) is 5.42. The van der Waals surface area contributed by atoms with E-state index >= 15 is 0 Å². The van der Waals surface area contributed by atoms with Gasteiger partial charge >= 0.3 is 5.97 Å². The zero-order valence-electron chi connectivity index (χ0n) is 20.8. The van der Waals surface area contributed by atoms with Crippen molar-refractivity contribution in [1.82, 2.24) is 26.6 Å². The smallest absolute Gasteiger partial charge is 0.328 e. The van der Waals surface area contributed by atoms with Crippen molar-refractivity contribution in [2.45, 2.75) is 50.1 Å². The molecule has 38 heavy (non-hydrogen) atoms.